The van der Waals surface area contributed by atoms with Crippen LogP contribution in [-0.4, -0.2) is 30.7 Å². The van der Waals surface area contributed by atoms with Crippen molar-refractivity contribution >= 4 is 34.0 Å². The molecule has 8 heteroatoms. The van der Waals surface area contributed by atoms with Crippen molar-refractivity contribution in [1.29, 1.82) is 0 Å². The summed E-state index contributed by atoms with van der Waals surface area (Å²) >= 11 is 3.42. The molecule has 0 aliphatic heterocycles. The Morgan fingerprint density at radius 1 is 1.19 bits per heavy atom. The van der Waals surface area contributed by atoms with Gasteiger partial charge in [0.15, 0.2) is 0 Å². The highest BCUT2D eigenvalue weighted by Crippen LogP contribution is 2.22. The molecule has 0 radical (unpaired) electrons. The first-order chi connectivity index (χ1) is 14.8. The summed E-state index contributed by atoms with van der Waals surface area (Å²) in [6.07, 6.45) is 3.46. The van der Waals surface area contributed by atoms with Gasteiger partial charge in [0.1, 0.15) is 17.6 Å². The van der Waals surface area contributed by atoms with E-state index in [2.05, 4.69) is 38.7 Å². The molecule has 2 N–H and O–H groups in total. The van der Waals surface area contributed by atoms with E-state index in [9.17, 15) is 14.0 Å². The van der Waals surface area contributed by atoms with Crippen molar-refractivity contribution in [2.24, 2.45) is 11.0 Å². The minimum absolute atomic E-state index is 0.182. The zero-order chi connectivity index (χ0) is 22.8. The molecule has 0 heterocycles. The largest absolute Gasteiger partial charge is 0.493 e. The molecule has 0 bridgehead atoms. The lowest BCUT2D eigenvalue weighted by Crippen LogP contribution is -2.48. The molecule has 2 amide bonds. The molecular formula is C23H27BrFN3O3. The molecule has 2 rings (SSSR count). The summed E-state index contributed by atoms with van der Waals surface area (Å²) in [6.45, 7) is 6.30. The van der Waals surface area contributed by atoms with Crippen LogP contribution in [0, 0.1) is 11.7 Å². The number of halogens is 2. The molecule has 0 saturated carbocycles. The van der Waals surface area contributed by atoms with Crippen LogP contribution in [0.25, 0.3) is 0 Å². The van der Waals surface area contributed by atoms with Gasteiger partial charge in [-0.2, -0.15) is 5.10 Å². The van der Waals surface area contributed by atoms with Gasteiger partial charge < -0.3 is 10.1 Å². The van der Waals surface area contributed by atoms with Gasteiger partial charge in [-0.15, -0.1) is 0 Å². The molecule has 2 aromatic rings. The van der Waals surface area contributed by atoms with Crippen LogP contribution in [-0.2, 0) is 4.79 Å². The van der Waals surface area contributed by atoms with Gasteiger partial charge in [0.25, 0.3) is 11.8 Å². The number of ether oxygens (including phenoxy) is 1. The Morgan fingerprint density at radius 3 is 2.55 bits per heavy atom. The molecule has 1 atom stereocenters. The summed E-state index contributed by atoms with van der Waals surface area (Å²) in [7, 11) is 0. The number of nitrogens with one attached hydrogen (secondary N) is 2. The van der Waals surface area contributed by atoms with Crippen LogP contribution in [0.4, 0.5) is 4.39 Å². The molecule has 6 nitrogen and oxygen atoms in total. The highest BCUT2D eigenvalue weighted by atomic mass is 79.9. The fraction of sp³-hybridized carbons (Fsp3) is 0.348. The van der Waals surface area contributed by atoms with Gasteiger partial charge in [-0.05, 0) is 54.8 Å². The maximum Gasteiger partial charge on any atom is 0.262 e. The summed E-state index contributed by atoms with van der Waals surface area (Å²) in [5.74, 6) is -0.866. The first-order valence-electron chi connectivity index (χ1n) is 10.1. The standard InChI is InChI=1S/C23H27BrFN3O3/c1-4-5-12-31-20-11-8-18(24)13-17(20)14-26-28-23(30)21(15(2)3)27-22(29)16-6-9-19(25)10-7-16/h6-11,13-15,21H,4-5,12H2,1-3H3,(H,27,29)(H,28,30). The zero-order valence-corrected chi connectivity index (χ0v) is 19.4. The quantitative estimate of drug-likeness (QED) is 0.287. The zero-order valence-electron chi connectivity index (χ0n) is 17.8. The van der Waals surface area contributed by atoms with Crippen LogP contribution >= 0.6 is 15.9 Å². The summed E-state index contributed by atoms with van der Waals surface area (Å²) in [5.41, 5.74) is 3.46. The van der Waals surface area contributed by atoms with Crippen molar-refractivity contribution in [3.8, 4) is 5.75 Å². The number of benzene rings is 2. The fourth-order valence-electron chi connectivity index (χ4n) is 2.67. The van der Waals surface area contributed by atoms with Crippen LogP contribution in [0.5, 0.6) is 5.75 Å². The maximum atomic E-state index is 13.1. The average Bonchev–Trinajstić information content (AvgIpc) is 2.73. The number of carbonyl (C=O) groups excluding carboxylic acids is 2. The Hall–Kier alpha value is -2.74. The lowest BCUT2D eigenvalue weighted by molar-refractivity contribution is -0.123. The number of unbranched alkanes of at least 4 members (excludes halogenated alkanes) is 1. The monoisotopic (exact) mass is 491 g/mol. The van der Waals surface area contributed by atoms with Crippen LogP contribution in [0.2, 0.25) is 0 Å². The van der Waals surface area contributed by atoms with E-state index in [1.807, 2.05) is 32.0 Å². The van der Waals surface area contributed by atoms with Crippen molar-refractivity contribution in [3.05, 3.63) is 63.9 Å². The van der Waals surface area contributed by atoms with E-state index >= 15 is 0 Å². The first kappa shape index (κ1) is 24.5. The third-order valence-electron chi connectivity index (χ3n) is 4.45. The first-order valence-corrected chi connectivity index (χ1v) is 10.9. The lowest BCUT2D eigenvalue weighted by atomic mass is 10.0. The van der Waals surface area contributed by atoms with Crippen LogP contribution in [0.3, 0.4) is 0 Å². The lowest BCUT2D eigenvalue weighted by Gasteiger charge is -2.20. The Balaban J connectivity index is 2.04. The summed E-state index contributed by atoms with van der Waals surface area (Å²) in [6, 6.07) is 9.87. The van der Waals surface area contributed by atoms with Crippen molar-refractivity contribution in [1.82, 2.24) is 10.7 Å². The second-order valence-corrected chi connectivity index (χ2v) is 8.24. The molecule has 0 aliphatic carbocycles. The Morgan fingerprint density at radius 2 is 1.90 bits per heavy atom. The molecular weight excluding hydrogens is 465 g/mol. The van der Waals surface area contributed by atoms with Gasteiger partial charge in [0.2, 0.25) is 0 Å². The number of rotatable bonds is 10. The molecule has 31 heavy (non-hydrogen) atoms. The van der Waals surface area contributed by atoms with Crippen molar-refractivity contribution < 1.29 is 18.7 Å². The van der Waals surface area contributed by atoms with Gasteiger partial charge in [-0.1, -0.05) is 43.1 Å². The van der Waals surface area contributed by atoms with E-state index in [1.54, 1.807) is 0 Å². The molecule has 1 unspecified atom stereocenters. The Kier molecular flexibility index (Phi) is 9.65. The van der Waals surface area contributed by atoms with Crippen molar-refractivity contribution in [2.45, 2.75) is 39.7 Å². The number of carbonyl (C=O) groups is 2. The van der Waals surface area contributed by atoms with Gasteiger partial charge >= 0.3 is 0 Å². The SMILES string of the molecule is CCCCOc1ccc(Br)cc1C=NNC(=O)C(NC(=O)c1ccc(F)cc1)C(C)C. The van der Waals surface area contributed by atoms with E-state index in [0.29, 0.717) is 17.9 Å². The minimum Gasteiger partial charge on any atom is -0.493 e. The number of nitrogens with zero attached hydrogens (tertiary/aromatic N) is 1. The van der Waals surface area contributed by atoms with E-state index in [1.165, 1.54) is 30.5 Å². The third-order valence-corrected chi connectivity index (χ3v) is 4.94. The summed E-state index contributed by atoms with van der Waals surface area (Å²) in [5, 5.41) is 6.72. The predicted octanol–water partition coefficient (Wildman–Crippen LogP) is 4.67. The van der Waals surface area contributed by atoms with E-state index in [-0.39, 0.29) is 11.5 Å². The van der Waals surface area contributed by atoms with E-state index < -0.39 is 23.7 Å². The normalized spacial score (nSPS) is 12.1. The predicted molar refractivity (Wildman–Crippen MR) is 123 cm³/mol. The number of hydrazone groups is 1. The molecule has 166 valence electrons. The molecule has 0 fully saturated rings. The smallest absolute Gasteiger partial charge is 0.262 e. The van der Waals surface area contributed by atoms with Crippen LogP contribution in [0.1, 0.15) is 49.5 Å². The maximum absolute atomic E-state index is 13.1. The summed E-state index contributed by atoms with van der Waals surface area (Å²) < 4.78 is 19.7. The Labute approximate surface area is 190 Å². The average molecular weight is 492 g/mol. The fourth-order valence-corrected chi connectivity index (χ4v) is 3.05. The van der Waals surface area contributed by atoms with Crippen LogP contribution in [0.15, 0.2) is 52.0 Å². The molecule has 2 aromatic carbocycles. The van der Waals surface area contributed by atoms with Gasteiger partial charge in [-0.3, -0.25) is 9.59 Å². The highest BCUT2D eigenvalue weighted by Gasteiger charge is 2.24. The minimum atomic E-state index is -0.808. The number of hydrogen-bond acceptors (Lipinski definition) is 4. The van der Waals surface area contributed by atoms with Gasteiger partial charge in [0.05, 0.1) is 12.8 Å². The Bertz CT molecular complexity index is 917. The second-order valence-electron chi connectivity index (χ2n) is 7.32. The summed E-state index contributed by atoms with van der Waals surface area (Å²) in [4.78, 5) is 25.0. The topological polar surface area (TPSA) is 79.8 Å². The number of hydrogen-bond donors (Lipinski definition) is 2. The van der Waals surface area contributed by atoms with Gasteiger partial charge in [0, 0.05) is 15.6 Å². The second kappa shape index (κ2) is 12.2. The number of amides is 2. The molecule has 0 saturated heterocycles. The van der Waals surface area contributed by atoms with Gasteiger partial charge in [-0.25, -0.2) is 9.82 Å². The molecule has 0 spiro atoms. The molecule has 0 aliphatic rings. The highest BCUT2D eigenvalue weighted by molar-refractivity contribution is 9.10. The van der Waals surface area contributed by atoms with E-state index in [4.69, 9.17) is 4.74 Å². The van der Waals surface area contributed by atoms with E-state index in [0.717, 1.165) is 17.3 Å². The molecule has 0 aromatic heterocycles. The van der Waals surface area contributed by atoms with Crippen molar-refractivity contribution in [2.75, 3.05) is 6.61 Å². The third kappa shape index (κ3) is 7.79. The van der Waals surface area contributed by atoms with Crippen LogP contribution < -0.4 is 15.5 Å². The van der Waals surface area contributed by atoms with Crippen molar-refractivity contribution in [3.63, 3.8) is 0 Å².